The maximum atomic E-state index is 12.7. The lowest BCUT2D eigenvalue weighted by Crippen LogP contribution is -2.39. The summed E-state index contributed by atoms with van der Waals surface area (Å²) in [4.78, 5) is 29.3. The fraction of sp³-hybridized carbons (Fsp3) is 0.577. The van der Waals surface area contributed by atoms with Crippen molar-refractivity contribution in [2.45, 2.75) is 77.1 Å². The van der Waals surface area contributed by atoms with E-state index in [4.69, 9.17) is 0 Å². The van der Waals surface area contributed by atoms with Crippen LogP contribution >= 0.6 is 0 Å². The molecule has 0 unspecified atom stereocenters. The van der Waals surface area contributed by atoms with E-state index in [2.05, 4.69) is 10.3 Å². The molecule has 1 N–H and O–H groups in total. The van der Waals surface area contributed by atoms with Gasteiger partial charge in [-0.1, -0.05) is 57.1 Å². The molecule has 0 fully saturated rings. The highest BCUT2D eigenvalue weighted by Gasteiger charge is 2.29. The van der Waals surface area contributed by atoms with Gasteiger partial charge in [0.25, 0.3) is 5.56 Å². The Morgan fingerprint density at radius 3 is 2.06 bits per heavy atom. The Labute approximate surface area is 209 Å². The Morgan fingerprint density at radius 1 is 0.861 bits per heavy atom. The van der Waals surface area contributed by atoms with E-state index < -0.39 is 11.7 Å². The van der Waals surface area contributed by atoms with E-state index in [0.29, 0.717) is 24.3 Å². The van der Waals surface area contributed by atoms with E-state index >= 15 is 0 Å². The van der Waals surface area contributed by atoms with Crippen molar-refractivity contribution < 1.29 is 13.2 Å². The van der Waals surface area contributed by atoms with Gasteiger partial charge in [-0.15, -0.1) is 0 Å². The normalized spacial score (nSPS) is 12.0. The van der Waals surface area contributed by atoms with Crippen molar-refractivity contribution in [3.63, 3.8) is 0 Å². The van der Waals surface area contributed by atoms with Crippen molar-refractivity contribution in [3.05, 3.63) is 62.6 Å². The second-order valence-electron chi connectivity index (χ2n) is 9.38. The summed E-state index contributed by atoms with van der Waals surface area (Å²) < 4.78 is 42.2. The van der Waals surface area contributed by atoms with Crippen molar-refractivity contribution in [3.8, 4) is 0 Å². The van der Waals surface area contributed by atoms with Gasteiger partial charge in [0.15, 0.2) is 11.2 Å². The molecule has 7 nitrogen and oxygen atoms in total. The molecule has 0 aliphatic heterocycles. The van der Waals surface area contributed by atoms with Crippen LogP contribution in [0.3, 0.4) is 0 Å². The van der Waals surface area contributed by atoms with Gasteiger partial charge in [-0.25, -0.2) is 9.78 Å². The minimum Gasteiger partial charge on any atom is -0.328 e. The smallest absolute Gasteiger partial charge is 0.328 e. The molecule has 0 aliphatic carbocycles. The number of aromatic nitrogens is 4. The number of rotatable bonds is 14. The molecule has 0 amide bonds. The molecule has 10 heteroatoms. The summed E-state index contributed by atoms with van der Waals surface area (Å²) >= 11 is 0. The predicted octanol–water partition coefficient (Wildman–Crippen LogP) is 4.75. The molecule has 0 bridgehead atoms. The maximum absolute atomic E-state index is 12.7. The molecule has 36 heavy (non-hydrogen) atoms. The van der Waals surface area contributed by atoms with E-state index in [0.717, 1.165) is 69.2 Å². The summed E-state index contributed by atoms with van der Waals surface area (Å²) in [7, 11) is 3.40. The first-order valence-electron chi connectivity index (χ1n) is 12.7. The molecule has 0 radical (unpaired) electrons. The quantitative estimate of drug-likeness (QED) is 0.320. The fourth-order valence-corrected chi connectivity index (χ4v) is 4.40. The zero-order valence-electron chi connectivity index (χ0n) is 21.1. The van der Waals surface area contributed by atoms with E-state index in [1.165, 1.54) is 34.1 Å². The van der Waals surface area contributed by atoms with Gasteiger partial charge >= 0.3 is 11.9 Å². The molecule has 0 aliphatic rings. The average molecular weight is 508 g/mol. The third-order valence-electron chi connectivity index (χ3n) is 6.55. The number of imidazole rings is 1. The van der Waals surface area contributed by atoms with Gasteiger partial charge in [0.05, 0.1) is 11.9 Å². The highest BCUT2D eigenvalue weighted by atomic mass is 19.4. The molecule has 3 rings (SSSR count). The number of fused-ring (bicyclic) bond motifs is 1. The lowest BCUT2D eigenvalue weighted by Gasteiger charge is -2.09. The highest BCUT2D eigenvalue weighted by molar-refractivity contribution is 5.69. The fourth-order valence-electron chi connectivity index (χ4n) is 4.40. The van der Waals surface area contributed by atoms with E-state index in [1.54, 1.807) is 25.0 Å². The molecular weight excluding hydrogens is 471 g/mol. The molecular formula is C26H36F3N5O2. The van der Waals surface area contributed by atoms with Gasteiger partial charge in [0.1, 0.15) is 0 Å². The number of halogens is 3. The van der Waals surface area contributed by atoms with Gasteiger partial charge in [-0.3, -0.25) is 13.9 Å². The Bertz CT molecular complexity index is 1230. The Morgan fingerprint density at radius 2 is 1.44 bits per heavy atom. The van der Waals surface area contributed by atoms with E-state index in [9.17, 15) is 22.8 Å². The van der Waals surface area contributed by atoms with Crippen LogP contribution in [0, 0.1) is 0 Å². The molecule has 0 saturated carbocycles. The third kappa shape index (κ3) is 7.32. The van der Waals surface area contributed by atoms with Crippen LogP contribution in [0.15, 0.2) is 40.2 Å². The van der Waals surface area contributed by atoms with Crippen molar-refractivity contribution in [2.75, 3.05) is 6.54 Å². The molecule has 2 heterocycles. The van der Waals surface area contributed by atoms with Crippen LogP contribution < -0.4 is 16.6 Å². The number of nitrogens with zero attached hydrogens (tertiary/aromatic N) is 4. The lowest BCUT2D eigenvalue weighted by atomic mass is 10.1. The molecule has 0 spiro atoms. The monoisotopic (exact) mass is 507 g/mol. The lowest BCUT2D eigenvalue weighted by molar-refractivity contribution is -0.137. The largest absolute Gasteiger partial charge is 0.416 e. The number of aryl methyl sites for hydroxylation is 2. The van der Waals surface area contributed by atoms with Gasteiger partial charge < -0.3 is 9.88 Å². The van der Waals surface area contributed by atoms with Crippen LogP contribution in [0.5, 0.6) is 0 Å². The first kappa shape index (κ1) is 27.7. The second-order valence-corrected chi connectivity index (χ2v) is 9.38. The number of hydrogen-bond acceptors (Lipinski definition) is 4. The molecule has 3 aromatic rings. The summed E-state index contributed by atoms with van der Waals surface area (Å²) in [6.45, 7) is 1.85. The van der Waals surface area contributed by atoms with Gasteiger partial charge in [-0.2, -0.15) is 13.2 Å². The molecule has 1 aromatic carbocycles. The van der Waals surface area contributed by atoms with Crippen molar-refractivity contribution in [2.24, 2.45) is 14.1 Å². The van der Waals surface area contributed by atoms with Crippen molar-refractivity contribution in [1.82, 2.24) is 24.0 Å². The molecule has 2 aromatic heterocycles. The predicted molar refractivity (Wildman–Crippen MR) is 135 cm³/mol. The number of hydrogen-bond donors (Lipinski definition) is 1. The minimum atomic E-state index is -4.29. The van der Waals surface area contributed by atoms with Crippen LogP contribution in [0.4, 0.5) is 13.2 Å². The number of nitrogens with one attached hydrogen (secondary N) is 1. The van der Waals surface area contributed by atoms with Crippen molar-refractivity contribution in [1.29, 1.82) is 0 Å². The summed E-state index contributed by atoms with van der Waals surface area (Å²) in [5, 5.41) is 3.29. The van der Waals surface area contributed by atoms with Gasteiger partial charge in [0.2, 0.25) is 0 Å². The zero-order chi connectivity index (χ0) is 26.1. The van der Waals surface area contributed by atoms with Crippen molar-refractivity contribution >= 4 is 11.2 Å². The molecule has 198 valence electrons. The number of alkyl halides is 3. The van der Waals surface area contributed by atoms with Crippen LogP contribution in [0.25, 0.3) is 11.2 Å². The zero-order valence-corrected chi connectivity index (χ0v) is 21.1. The Balaban J connectivity index is 1.21. The van der Waals surface area contributed by atoms with Crippen LogP contribution in [0.1, 0.15) is 68.9 Å². The second kappa shape index (κ2) is 12.9. The first-order valence-corrected chi connectivity index (χ1v) is 12.7. The summed E-state index contributed by atoms with van der Waals surface area (Å²) in [5.41, 5.74) is 0.508. The van der Waals surface area contributed by atoms with E-state index in [-0.39, 0.29) is 11.2 Å². The summed E-state index contributed by atoms with van der Waals surface area (Å²) in [5.74, 6) is 0. The molecule has 0 saturated heterocycles. The highest BCUT2D eigenvalue weighted by Crippen LogP contribution is 2.29. The number of benzene rings is 1. The van der Waals surface area contributed by atoms with Crippen LogP contribution in [-0.4, -0.2) is 25.2 Å². The van der Waals surface area contributed by atoms with Crippen LogP contribution in [-0.2, 0) is 33.4 Å². The van der Waals surface area contributed by atoms with E-state index in [1.807, 2.05) is 0 Å². The maximum Gasteiger partial charge on any atom is 0.416 e. The van der Waals surface area contributed by atoms with Crippen LogP contribution in [0.2, 0.25) is 0 Å². The summed E-state index contributed by atoms with van der Waals surface area (Å²) in [6, 6.07) is 5.29. The Kier molecular flexibility index (Phi) is 9.92. The first-order chi connectivity index (χ1) is 17.2. The van der Waals surface area contributed by atoms with Gasteiger partial charge in [-0.05, 0) is 37.1 Å². The summed E-state index contributed by atoms with van der Waals surface area (Å²) in [6.07, 6.45) is 6.94. The topological polar surface area (TPSA) is 73.8 Å². The average Bonchev–Trinajstić information content (AvgIpc) is 3.24. The minimum absolute atomic E-state index is 0.276. The third-order valence-corrected chi connectivity index (χ3v) is 6.55. The Hall–Kier alpha value is -2.88. The molecule has 0 atom stereocenters. The standard InChI is InChI=1S/C26H36F3N5O2/c1-32-19-31-23-22(32)24(35)34(25(36)33(23)2)17-11-9-7-5-3-4-6-8-10-16-30-18-20-12-14-21(15-13-20)26(27,28)29/h12-15,19,30H,3-11,16-18H2,1-2H3. The van der Waals surface area contributed by atoms with Gasteiger partial charge in [0, 0.05) is 27.2 Å². The number of unbranched alkanes of at least 4 members (excludes halogenated alkanes) is 8. The SMILES string of the molecule is Cn1cnc2c1c(=O)n(CCCCCCCCCCCNCc1ccc(C(F)(F)F)cc1)c(=O)n2C.